The topological polar surface area (TPSA) is 49.6 Å². The molecule has 6 heteroatoms. The zero-order valence-electron chi connectivity index (χ0n) is 11.5. The minimum atomic E-state index is -0.321. The number of piperazine rings is 1. The van der Waals surface area contributed by atoms with Crippen LogP contribution in [0.5, 0.6) is 0 Å². The molecule has 110 valence electrons. The summed E-state index contributed by atoms with van der Waals surface area (Å²) in [6.07, 6.45) is 0. The van der Waals surface area contributed by atoms with Crippen LogP contribution in [0.2, 0.25) is 5.02 Å². The van der Waals surface area contributed by atoms with Crippen molar-refractivity contribution < 1.29 is 9.18 Å². The van der Waals surface area contributed by atoms with Gasteiger partial charge in [0.1, 0.15) is 5.82 Å². The van der Waals surface area contributed by atoms with E-state index >= 15 is 0 Å². The third-order valence-corrected chi connectivity index (χ3v) is 4.13. The van der Waals surface area contributed by atoms with Crippen LogP contribution in [0.3, 0.4) is 0 Å². The van der Waals surface area contributed by atoms with Crippen molar-refractivity contribution in [3.05, 3.63) is 34.6 Å². The second kappa shape index (κ2) is 6.52. The lowest BCUT2D eigenvalue weighted by atomic mass is 10.1. The molecule has 0 bridgehead atoms. The minimum Gasteiger partial charge on any atom is -0.368 e. The van der Waals surface area contributed by atoms with Gasteiger partial charge in [-0.15, -0.1) is 0 Å². The van der Waals surface area contributed by atoms with Gasteiger partial charge in [-0.25, -0.2) is 4.39 Å². The van der Waals surface area contributed by atoms with E-state index in [0.717, 1.165) is 31.7 Å². The average Bonchev–Trinajstić information content (AvgIpc) is 2.42. The molecule has 2 rings (SSSR count). The van der Waals surface area contributed by atoms with Crippen molar-refractivity contribution in [2.24, 2.45) is 5.73 Å². The maximum absolute atomic E-state index is 13.0. The maximum atomic E-state index is 13.0. The minimum absolute atomic E-state index is 0.230. The third-order valence-electron chi connectivity index (χ3n) is 3.78. The SMILES string of the molecule is CC(C(N)=O)N1CCN(Cc2ccc(F)cc2Cl)CC1. The van der Waals surface area contributed by atoms with Crippen molar-refractivity contribution in [3.63, 3.8) is 0 Å². The predicted octanol–water partition coefficient (Wildman–Crippen LogP) is 1.47. The molecular weight excluding hydrogens is 281 g/mol. The van der Waals surface area contributed by atoms with Crippen LogP contribution < -0.4 is 5.73 Å². The largest absolute Gasteiger partial charge is 0.368 e. The summed E-state index contributed by atoms with van der Waals surface area (Å²) in [5.41, 5.74) is 6.23. The molecule has 1 aromatic carbocycles. The Balaban J connectivity index is 1.90. The number of nitrogens with two attached hydrogens (primary N) is 1. The number of carbonyl (C=O) groups is 1. The van der Waals surface area contributed by atoms with Crippen molar-refractivity contribution in [3.8, 4) is 0 Å². The van der Waals surface area contributed by atoms with E-state index in [4.69, 9.17) is 17.3 Å². The normalized spacial score (nSPS) is 18.9. The monoisotopic (exact) mass is 299 g/mol. The number of benzene rings is 1. The first-order valence-corrected chi connectivity index (χ1v) is 7.05. The van der Waals surface area contributed by atoms with Crippen LogP contribution >= 0.6 is 11.6 Å². The molecule has 1 unspecified atom stereocenters. The van der Waals surface area contributed by atoms with Gasteiger partial charge in [-0.1, -0.05) is 17.7 Å². The van der Waals surface area contributed by atoms with Crippen LogP contribution in [0.25, 0.3) is 0 Å². The van der Waals surface area contributed by atoms with Crippen molar-refractivity contribution >= 4 is 17.5 Å². The predicted molar refractivity (Wildman–Crippen MR) is 76.9 cm³/mol. The van der Waals surface area contributed by atoms with Gasteiger partial charge in [0.25, 0.3) is 0 Å². The van der Waals surface area contributed by atoms with E-state index in [-0.39, 0.29) is 17.8 Å². The van der Waals surface area contributed by atoms with Crippen LogP contribution in [0.1, 0.15) is 12.5 Å². The lowest BCUT2D eigenvalue weighted by Crippen LogP contribution is -2.52. The van der Waals surface area contributed by atoms with Crippen LogP contribution in [0.15, 0.2) is 18.2 Å². The first-order chi connectivity index (χ1) is 9.47. The first kappa shape index (κ1) is 15.2. The highest BCUT2D eigenvalue weighted by atomic mass is 35.5. The molecule has 1 aromatic rings. The molecule has 0 radical (unpaired) electrons. The smallest absolute Gasteiger partial charge is 0.234 e. The Hall–Kier alpha value is -1.17. The highest BCUT2D eigenvalue weighted by Gasteiger charge is 2.24. The summed E-state index contributed by atoms with van der Waals surface area (Å²) >= 11 is 6.03. The standard InChI is InChI=1S/C14H19ClFN3O/c1-10(14(17)20)19-6-4-18(5-7-19)9-11-2-3-12(16)8-13(11)15/h2-3,8,10H,4-7,9H2,1H3,(H2,17,20). The Morgan fingerprint density at radius 1 is 1.40 bits per heavy atom. The van der Waals surface area contributed by atoms with Gasteiger partial charge in [0.15, 0.2) is 0 Å². The molecule has 1 aliphatic heterocycles. The number of hydrogen-bond donors (Lipinski definition) is 1. The zero-order chi connectivity index (χ0) is 14.7. The Kier molecular flexibility index (Phi) is 4.96. The second-order valence-electron chi connectivity index (χ2n) is 5.13. The Morgan fingerprint density at radius 2 is 2.05 bits per heavy atom. The summed E-state index contributed by atoms with van der Waals surface area (Å²) in [6.45, 7) is 5.79. The Labute approximate surface area is 123 Å². The molecule has 1 saturated heterocycles. The van der Waals surface area contributed by atoms with Gasteiger partial charge >= 0.3 is 0 Å². The number of amides is 1. The van der Waals surface area contributed by atoms with E-state index in [9.17, 15) is 9.18 Å². The van der Waals surface area contributed by atoms with Crippen LogP contribution in [-0.4, -0.2) is 47.9 Å². The molecule has 4 nitrogen and oxygen atoms in total. The van der Waals surface area contributed by atoms with E-state index in [1.165, 1.54) is 12.1 Å². The second-order valence-corrected chi connectivity index (χ2v) is 5.53. The Bertz CT molecular complexity index is 489. The maximum Gasteiger partial charge on any atom is 0.234 e. The molecule has 0 aromatic heterocycles. The molecular formula is C14H19ClFN3O. The number of primary amides is 1. The summed E-state index contributed by atoms with van der Waals surface area (Å²) in [5.74, 6) is -0.612. The van der Waals surface area contributed by atoms with Gasteiger partial charge in [-0.05, 0) is 24.6 Å². The van der Waals surface area contributed by atoms with Crippen molar-refractivity contribution in [1.29, 1.82) is 0 Å². The number of hydrogen-bond acceptors (Lipinski definition) is 3. The number of halogens is 2. The molecule has 0 aliphatic carbocycles. The zero-order valence-corrected chi connectivity index (χ0v) is 12.2. The number of carbonyl (C=O) groups excluding carboxylic acids is 1. The van der Waals surface area contributed by atoms with Crippen molar-refractivity contribution in [1.82, 2.24) is 9.80 Å². The van der Waals surface area contributed by atoms with Gasteiger partial charge in [0.05, 0.1) is 6.04 Å². The molecule has 1 aliphatic rings. The summed E-state index contributed by atoms with van der Waals surface area (Å²) < 4.78 is 13.0. The fourth-order valence-corrected chi connectivity index (χ4v) is 2.61. The number of nitrogens with zero attached hydrogens (tertiary/aromatic N) is 2. The van der Waals surface area contributed by atoms with Gasteiger partial charge in [-0.2, -0.15) is 0 Å². The van der Waals surface area contributed by atoms with Crippen LogP contribution in [0, 0.1) is 5.82 Å². The van der Waals surface area contributed by atoms with E-state index < -0.39 is 0 Å². The van der Waals surface area contributed by atoms with Gasteiger partial charge in [0, 0.05) is 37.7 Å². The summed E-state index contributed by atoms with van der Waals surface area (Å²) in [6, 6.07) is 4.25. The lowest BCUT2D eigenvalue weighted by Gasteiger charge is -2.37. The van der Waals surface area contributed by atoms with E-state index in [1.54, 1.807) is 6.07 Å². The molecule has 1 heterocycles. The fourth-order valence-electron chi connectivity index (χ4n) is 2.38. The first-order valence-electron chi connectivity index (χ1n) is 6.67. The molecule has 1 atom stereocenters. The summed E-state index contributed by atoms with van der Waals surface area (Å²) in [7, 11) is 0. The molecule has 0 spiro atoms. The van der Waals surface area contributed by atoms with Gasteiger partial charge < -0.3 is 5.73 Å². The lowest BCUT2D eigenvalue weighted by molar-refractivity contribution is -0.123. The average molecular weight is 300 g/mol. The van der Waals surface area contributed by atoms with Crippen LogP contribution in [-0.2, 0) is 11.3 Å². The van der Waals surface area contributed by atoms with E-state index in [0.29, 0.717) is 11.6 Å². The molecule has 1 amide bonds. The van der Waals surface area contributed by atoms with Gasteiger partial charge in [0.2, 0.25) is 5.91 Å². The molecule has 20 heavy (non-hydrogen) atoms. The van der Waals surface area contributed by atoms with E-state index in [2.05, 4.69) is 9.80 Å². The summed E-state index contributed by atoms with van der Waals surface area (Å²) in [4.78, 5) is 15.5. The van der Waals surface area contributed by atoms with Crippen molar-refractivity contribution in [2.75, 3.05) is 26.2 Å². The van der Waals surface area contributed by atoms with Gasteiger partial charge in [-0.3, -0.25) is 14.6 Å². The summed E-state index contributed by atoms with van der Waals surface area (Å²) in [5, 5.41) is 0.456. The van der Waals surface area contributed by atoms with Crippen molar-refractivity contribution in [2.45, 2.75) is 19.5 Å². The highest BCUT2D eigenvalue weighted by molar-refractivity contribution is 6.31. The molecule has 0 saturated carbocycles. The quantitative estimate of drug-likeness (QED) is 0.916. The molecule has 2 N–H and O–H groups in total. The fraction of sp³-hybridized carbons (Fsp3) is 0.500. The molecule has 1 fully saturated rings. The highest BCUT2D eigenvalue weighted by Crippen LogP contribution is 2.20. The third kappa shape index (κ3) is 3.69. The van der Waals surface area contributed by atoms with Crippen LogP contribution in [0.4, 0.5) is 4.39 Å². The van der Waals surface area contributed by atoms with E-state index in [1.807, 2.05) is 6.92 Å². The number of rotatable bonds is 4. The Morgan fingerprint density at radius 3 is 2.60 bits per heavy atom.